The predicted octanol–water partition coefficient (Wildman–Crippen LogP) is 3.78. The Kier molecular flexibility index (Phi) is 9.71. The number of nitrogens with one attached hydrogen (secondary N) is 1. The monoisotopic (exact) mass is 475 g/mol. The lowest BCUT2D eigenvalue weighted by Gasteiger charge is -2.36. The van der Waals surface area contributed by atoms with Crippen LogP contribution >= 0.6 is 24.0 Å². The van der Waals surface area contributed by atoms with Crippen LogP contribution < -0.4 is 10.1 Å². The van der Waals surface area contributed by atoms with Crippen molar-refractivity contribution in [3.05, 3.63) is 30.3 Å². The number of piperidine rings is 1. The van der Waals surface area contributed by atoms with Crippen molar-refractivity contribution in [1.29, 1.82) is 0 Å². The number of hydrogen-bond donors (Lipinski definition) is 1. The van der Waals surface area contributed by atoms with Gasteiger partial charge in [0.25, 0.3) is 0 Å². The fourth-order valence-corrected chi connectivity index (χ4v) is 3.14. The molecule has 0 radical (unpaired) electrons. The highest BCUT2D eigenvalue weighted by Crippen LogP contribution is 2.21. The molecule has 1 aromatic rings. The summed E-state index contributed by atoms with van der Waals surface area (Å²) in [5.74, 6) is 1.90. The Morgan fingerprint density at radius 2 is 1.85 bits per heavy atom. The van der Waals surface area contributed by atoms with E-state index >= 15 is 0 Å². The van der Waals surface area contributed by atoms with Crippen LogP contribution in [0.2, 0.25) is 0 Å². The van der Waals surface area contributed by atoms with E-state index in [0.29, 0.717) is 0 Å². The van der Waals surface area contributed by atoms with Gasteiger partial charge in [-0.25, -0.2) is 0 Å². The summed E-state index contributed by atoms with van der Waals surface area (Å²) in [6.45, 7) is 9.23. The Balaban J connectivity index is 0.00000338. The molecule has 1 unspecified atom stereocenters. The molecule has 1 aliphatic heterocycles. The predicted molar refractivity (Wildman–Crippen MR) is 119 cm³/mol. The van der Waals surface area contributed by atoms with Gasteiger partial charge in [-0.2, -0.15) is 0 Å². The molecule has 0 aliphatic carbocycles. The average Bonchev–Trinajstić information content (AvgIpc) is 2.59. The molecule has 0 bridgehead atoms. The number of benzene rings is 1. The lowest BCUT2D eigenvalue weighted by atomic mass is 9.89. The summed E-state index contributed by atoms with van der Waals surface area (Å²) < 4.78 is 11.7. The van der Waals surface area contributed by atoms with Crippen molar-refractivity contribution in [3.63, 3.8) is 0 Å². The summed E-state index contributed by atoms with van der Waals surface area (Å²) in [5.41, 5.74) is 0.0944. The van der Waals surface area contributed by atoms with E-state index in [2.05, 4.69) is 36.0 Å². The van der Waals surface area contributed by atoms with E-state index in [1.165, 1.54) is 0 Å². The number of ether oxygens (including phenoxy) is 2. The Morgan fingerprint density at radius 3 is 2.35 bits per heavy atom. The Hall–Kier alpha value is -1.02. The second-order valence-corrected chi connectivity index (χ2v) is 7.64. The number of methoxy groups -OCH3 is 1. The van der Waals surface area contributed by atoms with E-state index < -0.39 is 0 Å². The minimum absolute atomic E-state index is 0. The van der Waals surface area contributed by atoms with Gasteiger partial charge in [0, 0.05) is 46.6 Å². The molecule has 0 amide bonds. The maximum absolute atomic E-state index is 6.07. The fourth-order valence-electron chi connectivity index (χ4n) is 3.14. The van der Waals surface area contributed by atoms with Crippen LogP contribution in [0.4, 0.5) is 0 Å². The number of halogens is 1. The van der Waals surface area contributed by atoms with Crippen molar-refractivity contribution in [2.45, 2.75) is 45.8 Å². The van der Waals surface area contributed by atoms with Crippen LogP contribution in [0.5, 0.6) is 5.75 Å². The minimum atomic E-state index is 0. The molecule has 1 fully saturated rings. The minimum Gasteiger partial charge on any atom is -0.490 e. The van der Waals surface area contributed by atoms with Crippen molar-refractivity contribution in [2.24, 2.45) is 10.4 Å². The van der Waals surface area contributed by atoms with Gasteiger partial charge in [-0.3, -0.25) is 4.99 Å². The van der Waals surface area contributed by atoms with Crippen molar-refractivity contribution in [1.82, 2.24) is 10.2 Å². The molecule has 0 aromatic heterocycles. The van der Waals surface area contributed by atoms with E-state index in [1.807, 2.05) is 37.4 Å². The summed E-state index contributed by atoms with van der Waals surface area (Å²) in [4.78, 5) is 6.75. The third kappa shape index (κ3) is 6.95. The normalized spacial score (nSPS) is 17.4. The van der Waals surface area contributed by atoms with Crippen molar-refractivity contribution < 1.29 is 9.47 Å². The fraction of sp³-hybridized carbons (Fsp3) is 0.650. The summed E-state index contributed by atoms with van der Waals surface area (Å²) in [7, 11) is 3.61. The van der Waals surface area contributed by atoms with E-state index in [-0.39, 0.29) is 41.6 Å². The second-order valence-electron chi connectivity index (χ2n) is 7.64. The Bertz CT molecular complexity index is 538. The molecule has 148 valence electrons. The topological polar surface area (TPSA) is 46.1 Å². The van der Waals surface area contributed by atoms with Gasteiger partial charge in [-0.1, -0.05) is 39.0 Å². The molecular formula is C20H34IN3O2. The first-order valence-corrected chi connectivity index (χ1v) is 9.14. The molecule has 1 N–H and O–H groups in total. The molecule has 1 aromatic carbocycles. The first-order valence-electron chi connectivity index (χ1n) is 9.14. The molecule has 0 saturated carbocycles. The first kappa shape index (κ1) is 23.0. The average molecular weight is 475 g/mol. The van der Waals surface area contributed by atoms with Gasteiger partial charge >= 0.3 is 0 Å². The highest BCUT2D eigenvalue weighted by atomic mass is 127. The number of hydrogen-bond acceptors (Lipinski definition) is 3. The lowest BCUT2D eigenvalue weighted by Crippen LogP contribution is -2.50. The van der Waals surface area contributed by atoms with E-state index in [9.17, 15) is 0 Å². The summed E-state index contributed by atoms with van der Waals surface area (Å²) in [6.07, 6.45) is 2.42. The zero-order chi connectivity index (χ0) is 18.3. The number of aliphatic imine (C=N–C) groups is 1. The van der Waals surface area contributed by atoms with Gasteiger partial charge in [0.05, 0.1) is 6.10 Å². The lowest BCUT2D eigenvalue weighted by molar-refractivity contribution is 0.0199. The second kappa shape index (κ2) is 11.0. The van der Waals surface area contributed by atoms with E-state index in [0.717, 1.165) is 44.2 Å². The zero-order valence-electron chi connectivity index (χ0n) is 16.7. The largest absolute Gasteiger partial charge is 0.490 e. The van der Waals surface area contributed by atoms with Crippen molar-refractivity contribution >= 4 is 29.9 Å². The van der Waals surface area contributed by atoms with Gasteiger partial charge in [-0.05, 0) is 17.5 Å². The number of para-hydroxylation sites is 1. The highest BCUT2D eigenvalue weighted by molar-refractivity contribution is 14.0. The summed E-state index contributed by atoms with van der Waals surface area (Å²) >= 11 is 0. The summed E-state index contributed by atoms with van der Waals surface area (Å²) in [5, 5.41) is 3.47. The van der Waals surface area contributed by atoms with Gasteiger partial charge in [0.1, 0.15) is 11.9 Å². The molecule has 6 heteroatoms. The molecule has 1 saturated heterocycles. The maximum atomic E-state index is 6.07. The number of nitrogens with zero attached hydrogens (tertiary/aromatic N) is 2. The number of guanidine groups is 1. The van der Waals surface area contributed by atoms with Crippen LogP contribution in [-0.4, -0.2) is 56.9 Å². The van der Waals surface area contributed by atoms with Crippen LogP contribution in [0.1, 0.15) is 33.6 Å². The molecule has 26 heavy (non-hydrogen) atoms. The van der Waals surface area contributed by atoms with Crippen LogP contribution in [0.15, 0.2) is 35.3 Å². The van der Waals surface area contributed by atoms with E-state index in [4.69, 9.17) is 9.47 Å². The molecule has 5 nitrogen and oxygen atoms in total. The SMILES string of the molecule is CN=C(NCC(OC)C(C)(C)C)N1CCC(Oc2ccccc2)CC1.I. The Labute approximate surface area is 175 Å². The summed E-state index contributed by atoms with van der Waals surface area (Å²) in [6, 6.07) is 10.1. The standard InChI is InChI=1S/C20H33N3O2.HI/c1-20(2,3)18(24-5)15-22-19(21-4)23-13-11-17(12-14-23)25-16-9-7-6-8-10-16;/h6-10,17-18H,11-15H2,1-5H3,(H,21,22);1H. The van der Waals surface area contributed by atoms with Gasteiger partial charge in [-0.15, -0.1) is 24.0 Å². The third-order valence-corrected chi connectivity index (χ3v) is 4.70. The smallest absolute Gasteiger partial charge is 0.193 e. The maximum Gasteiger partial charge on any atom is 0.193 e. The molecule has 1 aliphatic rings. The molecule has 1 heterocycles. The van der Waals surface area contributed by atoms with Crippen molar-refractivity contribution in [3.8, 4) is 5.75 Å². The molecule has 1 atom stereocenters. The van der Waals surface area contributed by atoms with Crippen LogP contribution in [0, 0.1) is 5.41 Å². The molecular weight excluding hydrogens is 441 g/mol. The van der Waals surface area contributed by atoms with Crippen LogP contribution in [0.25, 0.3) is 0 Å². The quantitative estimate of drug-likeness (QED) is 0.400. The molecule has 0 spiro atoms. The van der Waals surface area contributed by atoms with Gasteiger partial charge < -0.3 is 19.7 Å². The van der Waals surface area contributed by atoms with Crippen LogP contribution in [-0.2, 0) is 4.74 Å². The van der Waals surface area contributed by atoms with Gasteiger partial charge in [0.2, 0.25) is 0 Å². The highest BCUT2D eigenvalue weighted by Gasteiger charge is 2.26. The first-order chi connectivity index (χ1) is 11.9. The van der Waals surface area contributed by atoms with Gasteiger partial charge in [0.15, 0.2) is 5.96 Å². The Morgan fingerprint density at radius 1 is 1.23 bits per heavy atom. The van der Waals surface area contributed by atoms with Crippen molar-refractivity contribution in [2.75, 3.05) is 33.8 Å². The molecule has 2 rings (SSSR count). The zero-order valence-corrected chi connectivity index (χ0v) is 19.0. The van der Waals surface area contributed by atoms with E-state index in [1.54, 1.807) is 7.11 Å². The van der Waals surface area contributed by atoms with Crippen LogP contribution in [0.3, 0.4) is 0 Å². The third-order valence-electron chi connectivity index (χ3n) is 4.70. The number of likely N-dealkylation sites (tertiary alicyclic amines) is 1. The number of rotatable bonds is 5.